The van der Waals surface area contributed by atoms with E-state index in [2.05, 4.69) is 15.4 Å². The van der Waals surface area contributed by atoms with Crippen molar-refractivity contribution in [3.63, 3.8) is 0 Å². The van der Waals surface area contributed by atoms with Gasteiger partial charge in [0.15, 0.2) is 0 Å². The van der Waals surface area contributed by atoms with Gasteiger partial charge in [-0.2, -0.15) is 10.1 Å². The number of fused-ring (bicyclic) bond motifs is 1. The molecule has 138 valence electrons. The molecule has 2 heterocycles. The standard InChI is InChI=1S/C18H22N4O4/c1-10(2)26-17(23)15-11(3)21-18-19-9-20-22(18)16(15)13-7-6-12(24-4)8-14(13)25-5/h6-10,16H,1-5H3,(H,19,20,21)/t16-/m1/s1. The molecule has 0 spiro atoms. The maximum Gasteiger partial charge on any atom is 0.338 e. The van der Waals surface area contributed by atoms with E-state index in [1.54, 1.807) is 25.0 Å². The number of allylic oxidation sites excluding steroid dienone is 1. The molecule has 8 nitrogen and oxygen atoms in total. The summed E-state index contributed by atoms with van der Waals surface area (Å²) < 4.78 is 17.9. The van der Waals surface area contributed by atoms with Gasteiger partial charge in [-0.15, -0.1) is 0 Å². The van der Waals surface area contributed by atoms with Crippen molar-refractivity contribution in [3.8, 4) is 11.5 Å². The van der Waals surface area contributed by atoms with E-state index in [1.165, 1.54) is 6.33 Å². The molecule has 0 saturated heterocycles. The van der Waals surface area contributed by atoms with Crippen molar-refractivity contribution in [2.45, 2.75) is 32.9 Å². The fraction of sp³-hybridized carbons (Fsp3) is 0.389. The first-order valence-corrected chi connectivity index (χ1v) is 8.26. The minimum atomic E-state index is -0.527. The van der Waals surface area contributed by atoms with Crippen molar-refractivity contribution in [3.05, 3.63) is 41.4 Å². The first-order chi connectivity index (χ1) is 12.5. The van der Waals surface area contributed by atoms with E-state index in [1.807, 2.05) is 32.9 Å². The highest BCUT2D eigenvalue weighted by molar-refractivity contribution is 5.92. The fourth-order valence-electron chi connectivity index (χ4n) is 2.96. The van der Waals surface area contributed by atoms with Crippen LogP contribution in [-0.4, -0.2) is 41.1 Å². The lowest BCUT2D eigenvalue weighted by molar-refractivity contribution is -0.143. The van der Waals surface area contributed by atoms with Crippen LogP contribution in [0.15, 0.2) is 35.8 Å². The second-order valence-corrected chi connectivity index (χ2v) is 6.16. The lowest BCUT2D eigenvalue weighted by Crippen LogP contribution is -2.30. The molecule has 0 aliphatic carbocycles. The van der Waals surface area contributed by atoms with Gasteiger partial charge >= 0.3 is 5.97 Å². The Morgan fingerprint density at radius 3 is 2.69 bits per heavy atom. The van der Waals surface area contributed by atoms with Crippen LogP contribution < -0.4 is 14.8 Å². The highest BCUT2D eigenvalue weighted by Gasteiger charge is 2.36. The van der Waals surface area contributed by atoms with Gasteiger partial charge in [0.1, 0.15) is 23.9 Å². The number of carbonyl (C=O) groups excluding carboxylic acids is 1. The van der Waals surface area contributed by atoms with Gasteiger partial charge in [-0.3, -0.25) is 0 Å². The zero-order chi connectivity index (χ0) is 18.8. The second-order valence-electron chi connectivity index (χ2n) is 6.16. The van der Waals surface area contributed by atoms with Gasteiger partial charge in [0.25, 0.3) is 0 Å². The molecule has 0 saturated carbocycles. The summed E-state index contributed by atoms with van der Waals surface area (Å²) in [6, 6.07) is 4.92. The number of methoxy groups -OCH3 is 2. The average Bonchev–Trinajstić information content (AvgIpc) is 3.07. The van der Waals surface area contributed by atoms with Crippen molar-refractivity contribution in [1.82, 2.24) is 14.8 Å². The number of nitrogens with zero attached hydrogens (tertiary/aromatic N) is 3. The van der Waals surface area contributed by atoms with Gasteiger partial charge < -0.3 is 19.5 Å². The number of esters is 1. The monoisotopic (exact) mass is 358 g/mol. The van der Waals surface area contributed by atoms with Crippen molar-refractivity contribution < 1.29 is 19.0 Å². The molecule has 0 amide bonds. The smallest absolute Gasteiger partial charge is 0.338 e. The molecule has 1 aliphatic heterocycles. The molecule has 26 heavy (non-hydrogen) atoms. The molecule has 0 bridgehead atoms. The van der Waals surface area contributed by atoms with E-state index in [0.29, 0.717) is 28.7 Å². The van der Waals surface area contributed by atoms with E-state index < -0.39 is 12.0 Å². The number of anilines is 1. The lowest BCUT2D eigenvalue weighted by Gasteiger charge is -2.29. The lowest BCUT2D eigenvalue weighted by atomic mass is 9.95. The third-order valence-electron chi connectivity index (χ3n) is 4.09. The van der Waals surface area contributed by atoms with Crippen LogP contribution in [0, 0.1) is 0 Å². The predicted molar refractivity (Wildman–Crippen MR) is 95.3 cm³/mol. The maximum atomic E-state index is 12.8. The molecule has 1 aromatic carbocycles. The molecule has 1 aliphatic rings. The normalized spacial score (nSPS) is 16.2. The van der Waals surface area contributed by atoms with Crippen LogP contribution >= 0.6 is 0 Å². The Morgan fingerprint density at radius 2 is 2.04 bits per heavy atom. The van der Waals surface area contributed by atoms with Crippen molar-refractivity contribution in [1.29, 1.82) is 0 Å². The quantitative estimate of drug-likeness (QED) is 0.822. The van der Waals surface area contributed by atoms with Crippen LogP contribution in [0.4, 0.5) is 5.95 Å². The minimum Gasteiger partial charge on any atom is -0.497 e. The molecular formula is C18H22N4O4. The largest absolute Gasteiger partial charge is 0.497 e. The zero-order valence-corrected chi connectivity index (χ0v) is 15.4. The Hall–Kier alpha value is -3.03. The van der Waals surface area contributed by atoms with Crippen LogP contribution in [0.1, 0.15) is 32.4 Å². The van der Waals surface area contributed by atoms with Gasteiger partial charge in [0, 0.05) is 17.3 Å². The molecule has 3 rings (SSSR count). The van der Waals surface area contributed by atoms with Crippen molar-refractivity contribution >= 4 is 11.9 Å². The fourth-order valence-corrected chi connectivity index (χ4v) is 2.96. The SMILES string of the molecule is COc1ccc([C@@H]2C(C(=O)OC(C)C)=C(C)Nc3ncnn32)c(OC)c1. The second kappa shape index (κ2) is 7.07. The summed E-state index contributed by atoms with van der Waals surface area (Å²) in [5, 5.41) is 7.40. The molecule has 0 unspecified atom stereocenters. The van der Waals surface area contributed by atoms with Crippen LogP contribution in [0.2, 0.25) is 0 Å². The van der Waals surface area contributed by atoms with Crippen LogP contribution in [-0.2, 0) is 9.53 Å². The molecule has 1 aromatic heterocycles. The number of hydrogen-bond acceptors (Lipinski definition) is 7. The number of rotatable bonds is 5. The summed E-state index contributed by atoms with van der Waals surface area (Å²) in [6.07, 6.45) is 1.20. The van der Waals surface area contributed by atoms with E-state index in [9.17, 15) is 4.79 Å². The Kier molecular flexibility index (Phi) is 4.83. The van der Waals surface area contributed by atoms with Crippen molar-refractivity contribution in [2.24, 2.45) is 0 Å². The summed E-state index contributed by atoms with van der Waals surface area (Å²) in [5.74, 6) is 1.38. The third-order valence-corrected chi connectivity index (χ3v) is 4.09. The number of hydrogen-bond donors (Lipinski definition) is 1. The number of aromatic nitrogens is 3. The summed E-state index contributed by atoms with van der Waals surface area (Å²) in [4.78, 5) is 17.0. The molecule has 0 radical (unpaired) electrons. The van der Waals surface area contributed by atoms with Crippen LogP contribution in [0.3, 0.4) is 0 Å². The number of carbonyl (C=O) groups is 1. The van der Waals surface area contributed by atoms with Gasteiger partial charge in [0.2, 0.25) is 5.95 Å². The highest BCUT2D eigenvalue weighted by atomic mass is 16.5. The van der Waals surface area contributed by atoms with E-state index >= 15 is 0 Å². The Morgan fingerprint density at radius 1 is 1.27 bits per heavy atom. The number of nitrogens with one attached hydrogen (secondary N) is 1. The molecule has 2 aromatic rings. The average molecular weight is 358 g/mol. The first kappa shape index (κ1) is 17.8. The molecule has 1 atom stereocenters. The van der Waals surface area contributed by atoms with E-state index in [4.69, 9.17) is 14.2 Å². The van der Waals surface area contributed by atoms with E-state index in [-0.39, 0.29) is 6.10 Å². The van der Waals surface area contributed by atoms with Gasteiger partial charge in [-0.1, -0.05) is 0 Å². The molecule has 1 N–H and O–H groups in total. The van der Waals surface area contributed by atoms with Crippen LogP contribution in [0.5, 0.6) is 11.5 Å². The highest BCUT2D eigenvalue weighted by Crippen LogP contribution is 2.40. The summed E-state index contributed by atoms with van der Waals surface area (Å²) >= 11 is 0. The first-order valence-electron chi connectivity index (χ1n) is 8.26. The topological polar surface area (TPSA) is 87.5 Å². The summed E-state index contributed by atoms with van der Waals surface area (Å²) in [6.45, 7) is 5.44. The number of benzene rings is 1. The summed E-state index contributed by atoms with van der Waals surface area (Å²) in [5.41, 5.74) is 1.88. The minimum absolute atomic E-state index is 0.238. The maximum absolute atomic E-state index is 12.8. The van der Waals surface area contributed by atoms with E-state index in [0.717, 1.165) is 5.56 Å². The Balaban J connectivity index is 2.17. The zero-order valence-electron chi connectivity index (χ0n) is 15.4. The number of ether oxygens (including phenoxy) is 3. The summed E-state index contributed by atoms with van der Waals surface area (Å²) in [7, 11) is 3.16. The van der Waals surface area contributed by atoms with Crippen molar-refractivity contribution in [2.75, 3.05) is 19.5 Å². The third kappa shape index (κ3) is 3.10. The molecular weight excluding hydrogens is 336 g/mol. The van der Waals surface area contributed by atoms with Gasteiger partial charge in [-0.05, 0) is 32.9 Å². The predicted octanol–water partition coefficient (Wildman–Crippen LogP) is 2.54. The molecule has 8 heteroatoms. The Bertz CT molecular complexity index is 857. The Labute approximate surface area is 151 Å². The molecule has 0 fully saturated rings. The van der Waals surface area contributed by atoms with Gasteiger partial charge in [0.05, 0.1) is 25.9 Å². The van der Waals surface area contributed by atoms with Crippen LogP contribution in [0.25, 0.3) is 0 Å². The van der Waals surface area contributed by atoms with Gasteiger partial charge in [-0.25, -0.2) is 9.48 Å².